The Kier molecular flexibility index (Phi) is 63.5. The van der Waals surface area contributed by atoms with E-state index in [0.29, 0.717) is 19.3 Å². The lowest BCUT2D eigenvalue weighted by molar-refractivity contribution is -0.167. The number of ether oxygens (including phenoxy) is 3. The van der Waals surface area contributed by atoms with Crippen LogP contribution < -0.4 is 0 Å². The van der Waals surface area contributed by atoms with Gasteiger partial charge in [0.25, 0.3) is 0 Å². The molecule has 0 radical (unpaired) electrons. The summed E-state index contributed by atoms with van der Waals surface area (Å²) >= 11 is 0. The summed E-state index contributed by atoms with van der Waals surface area (Å²) in [4.78, 5) is 38.3. The molecule has 1 unspecified atom stereocenters. The molecule has 0 aromatic heterocycles. The summed E-state index contributed by atoms with van der Waals surface area (Å²) in [6.07, 6.45) is 105. The van der Waals surface area contributed by atoms with E-state index in [0.717, 1.165) is 167 Å². The number of hydrogen-bond donors (Lipinski definition) is 0. The van der Waals surface area contributed by atoms with Gasteiger partial charge < -0.3 is 14.2 Å². The second-order valence-electron chi connectivity index (χ2n) is 20.5. The van der Waals surface area contributed by atoms with E-state index in [-0.39, 0.29) is 44.0 Å². The van der Waals surface area contributed by atoms with Gasteiger partial charge in [0.05, 0.1) is 0 Å². The molecule has 0 aliphatic heterocycles. The second kappa shape index (κ2) is 68.5. The lowest BCUT2D eigenvalue weighted by Crippen LogP contribution is -2.30. The summed E-state index contributed by atoms with van der Waals surface area (Å²) in [5.74, 6) is -1.03. The van der Waals surface area contributed by atoms with Crippen molar-refractivity contribution >= 4 is 17.9 Å². The maximum atomic E-state index is 12.9. The Balaban J connectivity index is 4.52. The lowest BCUT2D eigenvalue weighted by Gasteiger charge is -2.18. The number of unbranched alkanes of at least 4 members (excludes halogenated alkanes) is 11. The molecule has 0 bridgehead atoms. The zero-order valence-electron chi connectivity index (χ0n) is 52.6. The number of hydrogen-bond acceptors (Lipinski definition) is 6. The molecular weight excluding hydrogens is 1020 g/mol. The van der Waals surface area contributed by atoms with Gasteiger partial charge in [0.15, 0.2) is 6.10 Å². The van der Waals surface area contributed by atoms with Gasteiger partial charge in [-0.2, -0.15) is 0 Å². The van der Waals surface area contributed by atoms with Crippen LogP contribution in [-0.4, -0.2) is 37.2 Å². The molecular formula is C77H116O6. The molecule has 0 rings (SSSR count). The fourth-order valence-electron chi connectivity index (χ4n) is 8.00. The van der Waals surface area contributed by atoms with Crippen LogP contribution in [0.1, 0.15) is 239 Å². The molecule has 460 valence electrons. The van der Waals surface area contributed by atoms with Gasteiger partial charge in [-0.25, -0.2) is 0 Å². The minimum Gasteiger partial charge on any atom is -0.462 e. The zero-order valence-corrected chi connectivity index (χ0v) is 52.6. The third kappa shape index (κ3) is 66.7. The van der Waals surface area contributed by atoms with Gasteiger partial charge in [-0.15, -0.1) is 0 Å². The van der Waals surface area contributed by atoms with Crippen molar-refractivity contribution in [1.82, 2.24) is 0 Å². The van der Waals surface area contributed by atoms with E-state index >= 15 is 0 Å². The number of allylic oxidation sites excluding steroid dienone is 34. The van der Waals surface area contributed by atoms with E-state index in [9.17, 15) is 14.4 Å². The van der Waals surface area contributed by atoms with Crippen LogP contribution in [-0.2, 0) is 28.6 Å². The molecule has 0 saturated heterocycles. The van der Waals surface area contributed by atoms with Crippen LogP contribution in [0.15, 0.2) is 207 Å². The third-order valence-electron chi connectivity index (χ3n) is 12.8. The average molecular weight is 1140 g/mol. The minimum atomic E-state index is -0.838. The van der Waals surface area contributed by atoms with E-state index in [1.807, 2.05) is 0 Å². The predicted octanol–water partition coefficient (Wildman–Crippen LogP) is 22.8. The molecule has 6 nitrogen and oxygen atoms in total. The number of rotatable bonds is 56. The van der Waals surface area contributed by atoms with Gasteiger partial charge in [0.2, 0.25) is 0 Å². The fourth-order valence-corrected chi connectivity index (χ4v) is 8.00. The first-order valence-corrected chi connectivity index (χ1v) is 32.6. The number of carbonyl (C=O) groups is 3. The Morgan fingerprint density at radius 1 is 0.241 bits per heavy atom. The van der Waals surface area contributed by atoms with Crippen LogP contribution in [0.25, 0.3) is 0 Å². The summed E-state index contributed by atoms with van der Waals surface area (Å²) in [7, 11) is 0. The quantitative estimate of drug-likeness (QED) is 0.0261. The molecule has 0 aliphatic carbocycles. The van der Waals surface area contributed by atoms with Crippen molar-refractivity contribution in [2.24, 2.45) is 0 Å². The molecule has 0 N–H and O–H groups in total. The van der Waals surface area contributed by atoms with Gasteiger partial charge in [-0.1, -0.05) is 259 Å². The van der Waals surface area contributed by atoms with E-state index in [1.54, 1.807) is 0 Å². The smallest absolute Gasteiger partial charge is 0.306 e. The van der Waals surface area contributed by atoms with Crippen molar-refractivity contribution in [2.45, 2.75) is 245 Å². The molecule has 1 atom stereocenters. The van der Waals surface area contributed by atoms with Crippen molar-refractivity contribution in [3.05, 3.63) is 207 Å². The van der Waals surface area contributed by atoms with E-state index < -0.39 is 6.10 Å². The van der Waals surface area contributed by atoms with Crippen molar-refractivity contribution in [2.75, 3.05) is 13.2 Å². The Labute approximate surface area is 509 Å². The number of carbonyl (C=O) groups excluding carboxylic acids is 3. The lowest BCUT2D eigenvalue weighted by atomic mass is 10.1. The van der Waals surface area contributed by atoms with Gasteiger partial charge >= 0.3 is 17.9 Å². The highest BCUT2D eigenvalue weighted by atomic mass is 16.6. The monoisotopic (exact) mass is 1140 g/mol. The largest absolute Gasteiger partial charge is 0.462 e. The van der Waals surface area contributed by atoms with E-state index in [1.165, 1.54) is 19.3 Å². The Morgan fingerprint density at radius 3 is 0.699 bits per heavy atom. The SMILES string of the molecule is CC/C=C\C/C=C\C/C=C\C/C=C\C/C=C\C/C=C\C/C=C\CCCCCCCCCC(=O)OCC(COC(=O)CCCC/C=C\C/C=C\C/C=C\C/C=C\CC)OC(=O)CCCC/C=C\C/C=C\C/C=C\C/C=C\C/C=C\C/C=C\CC. The minimum absolute atomic E-state index is 0.127. The summed E-state index contributed by atoms with van der Waals surface area (Å²) in [5, 5.41) is 0. The summed E-state index contributed by atoms with van der Waals surface area (Å²) in [6, 6.07) is 0. The standard InChI is InChI=1S/C77H116O6/c1-4-7-10-13-16-19-22-25-28-30-32-34-35-36-37-38-39-40-41-43-44-46-49-52-55-58-61-64-67-70-76(79)82-73-74(72-81-75(78)69-66-63-60-57-54-51-48-27-24-21-18-15-12-9-6-3)83-77(80)71-68-65-62-59-56-53-50-47-45-42-33-31-29-26-23-20-17-14-11-8-5-2/h7-12,16-21,25-29,32-34,36-37,39-40,42-44,47-48,50,54,56-57,59,74H,4-6,13-15,22-24,30-31,35,38,41,45-46,49,51-53,55,58,60-73H2,1-3H3/b10-7-,11-8-,12-9-,19-16-,20-17-,21-18-,28-25-,29-26-,34-32-,37-36-,40-39-,42-33-,44-43-,48-27-,50-47-,57-54-,59-56-. The van der Waals surface area contributed by atoms with Gasteiger partial charge in [-0.3, -0.25) is 14.4 Å². The third-order valence-corrected chi connectivity index (χ3v) is 12.8. The topological polar surface area (TPSA) is 78.9 Å². The molecule has 0 fully saturated rings. The highest BCUT2D eigenvalue weighted by molar-refractivity contribution is 5.71. The highest BCUT2D eigenvalue weighted by Crippen LogP contribution is 2.13. The number of esters is 3. The molecule has 6 heteroatoms. The fraction of sp³-hybridized carbons (Fsp3) is 0.519. The maximum absolute atomic E-state index is 12.9. The zero-order chi connectivity index (χ0) is 59.9. The van der Waals surface area contributed by atoms with Crippen molar-refractivity contribution in [3.8, 4) is 0 Å². The Morgan fingerprint density at radius 2 is 0.434 bits per heavy atom. The van der Waals surface area contributed by atoms with Crippen LogP contribution in [0.4, 0.5) is 0 Å². The average Bonchev–Trinajstić information content (AvgIpc) is 3.49. The first kappa shape index (κ1) is 77.0. The normalized spacial score (nSPS) is 13.5. The molecule has 83 heavy (non-hydrogen) atoms. The summed E-state index contributed by atoms with van der Waals surface area (Å²) in [5.41, 5.74) is 0. The maximum Gasteiger partial charge on any atom is 0.306 e. The van der Waals surface area contributed by atoms with E-state index in [4.69, 9.17) is 14.2 Å². The molecule has 0 amide bonds. The summed E-state index contributed by atoms with van der Waals surface area (Å²) < 4.78 is 16.8. The van der Waals surface area contributed by atoms with Gasteiger partial charge in [0.1, 0.15) is 13.2 Å². The first-order chi connectivity index (χ1) is 41.0. The van der Waals surface area contributed by atoms with E-state index in [2.05, 4.69) is 227 Å². The second-order valence-corrected chi connectivity index (χ2v) is 20.5. The van der Waals surface area contributed by atoms with Crippen LogP contribution in [0.3, 0.4) is 0 Å². The molecule has 0 heterocycles. The molecule has 0 aromatic carbocycles. The molecule has 0 aliphatic rings. The van der Waals surface area contributed by atoms with Crippen LogP contribution in [0.2, 0.25) is 0 Å². The molecule has 0 aromatic rings. The molecule has 0 saturated carbocycles. The van der Waals surface area contributed by atoms with Gasteiger partial charge in [-0.05, 0) is 167 Å². The van der Waals surface area contributed by atoms with Crippen LogP contribution in [0.5, 0.6) is 0 Å². The Bertz CT molecular complexity index is 2030. The van der Waals surface area contributed by atoms with Crippen molar-refractivity contribution in [1.29, 1.82) is 0 Å². The van der Waals surface area contributed by atoms with Crippen LogP contribution in [0, 0.1) is 0 Å². The highest BCUT2D eigenvalue weighted by Gasteiger charge is 2.19. The van der Waals surface area contributed by atoms with Crippen molar-refractivity contribution < 1.29 is 28.6 Å². The first-order valence-electron chi connectivity index (χ1n) is 32.6. The van der Waals surface area contributed by atoms with Gasteiger partial charge in [0, 0.05) is 19.3 Å². The molecule has 0 spiro atoms. The summed E-state index contributed by atoms with van der Waals surface area (Å²) in [6.45, 7) is 6.20. The Hall–Kier alpha value is -6.01. The predicted molar refractivity (Wildman–Crippen MR) is 361 cm³/mol. The van der Waals surface area contributed by atoms with Crippen LogP contribution >= 0.6 is 0 Å². The van der Waals surface area contributed by atoms with Crippen molar-refractivity contribution in [3.63, 3.8) is 0 Å².